The van der Waals surface area contributed by atoms with E-state index in [2.05, 4.69) is 0 Å². The van der Waals surface area contributed by atoms with Crippen LogP contribution in [0.25, 0.3) is 0 Å². The minimum absolute atomic E-state index is 0.270. The second-order valence-corrected chi connectivity index (χ2v) is 8.29. The first-order valence-electron chi connectivity index (χ1n) is 11.5. The number of ether oxygens (including phenoxy) is 5. The fourth-order valence-electron chi connectivity index (χ4n) is 4.02. The third kappa shape index (κ3) is 6.73. The Bertz CT molecular complexity index is 952. The predicted octanol–water partition coefficient (Wildman–Crippen LogP) is 4.11. The van der Waals surface area contributed by atoms with E-state index in [-0.39, 0.29) is 6.61 Å². The molecule has 1 aliphatic rings. The summed E-state index contributed by atoms with van der Waals surface area (Å²) < 4.78 is 30.0. The van der Waals surface area contributed by atoms with Crippen molar-refractivity contribution >= 4 is 0 Å². The summed E-state index contributed by atoms with van der Waals surface area (Å²) in [6, 6.07) is 29.7. The first kappa shape index (κ1) is 24.5. The zero-order chi connectivity index (χ0) is 23.6. The molecule has 0 amide bonds. The van der Waals surface area contributed by atoms with Gasteiger partial charge in [0.2, 0.25) is 0 Å². The van der Waals surface area contributed by atoms with E-state index >= 15 is 0 Å². The van der Waals surface area contributed by atoms with Crippen molar-refractivity contribution in [2.24, 2.45) is 0 Å². The lowest BCUT2D eigenvalue weighted by molar-refractivity contribution is -0.313. The number of hydrogen-bond acceptors (Lipinski definition) is 6. The Labute approximate surface area is 201 Å². The first-order chi connectivity index (χ1) is 16.7. The fraction of sp³-hybridized carbons (Fsp3) is 0.357. The van der Waals surface area contributed by atoms with E-state index in [0.29, 0.717) is 19.8 Å². The summed E-state index contributed by atoms with van der Waals surface area (Å²) in [5.74, 6) is 0. The minimum atomic E-state index is -1.01. The van der Waals surface area contributed by atoms with Crippen LogP contribution in [0.15, 0.2) is 91.0 Å². The maximum Gasteiger partial charge on any atom is 0.186 e. The van der Waals surface area contributed by atoms with Crippen LogP contribution in [0.2, 0.25) is 0 Å². The van der Waals surface area contributed by atoms with E-state index in [1.807, 2.05) is 91.0 Å². The molecule has 3 aromatic rings. The molecule has 1 heterocycles. The lowest BCUT2D eigenvalue weighted by atomic mass is 9.98. The summed E-state index contributed by atoms with van der Waals surface area (Å²) in [5, 5.41) is 11.0. The van der Waals surface area contributed by atoms with Gasteiger partial charge < -0.3 is 28.8 Å². The van der Waals surface area contributed by atoms with Crippen molar-refractivity contribution in [3.8, 4) is 0 Å². The maximum atomic E-state index is 11.0. The summed E-state index contributed by atoms with van der Waals surface area (Å²) in [4.78, 5) is 0. The Balaban J connectivity index is 1.48. The third-order valence-electron chi connectivity index (χ3n) is 5.81. The van der Waals surface area contributed by atoms with Crippen LogP contribution in [-0.2, 0) is 43.5 Å². The molecule has 3 aromatic carbocycles. The van der Waals surface area contributed by atoms with E-state index in [1.165, 1.54) is 7.11 Å². The van der Waals surface area contributed by atoms with Crippen LogP contribution in [0.5, 0.6) is 0 Å². The van der Waals surface area contributed by atoms with Gasteiger partial charge in [-0.05, 0) is 16.7 Å². The predicted molar refractivity (Wildman–Crippen MR) is 128 cm³/mol. The molecule has 0 aromatic heterocycles. The summed E-state index contributed by atoms with van der Waals surface area (Å²) >= 11 is 0. The topological polar surface area (TPSA) is 66.4 Å². The molecule has 5 atom stereocenters. The molecular formula is C28H32O6. The second-order valence-electron chi connectivity index (χ2n) is 8.29. The molecule has 0 aliphatic carbocycles. The minimum Gasteiger partial charge on any atom is -0.385 e. The summed E-state index contributed by atoms with van der Waals surface area (Å²) in [6.45, 7) is 1.41. The molecule has 6 heteroatoms. The van der Waals surface area contributed by atoms with Crippen molar-refractivity contribution in [3.05, 3.63) is 108 Å². The van der Waals surface area contributed by atoms with Crippen molar-refractivity contribution in [1.82, 2.24) is 0 Å². The van der Waals surface area contributed by atoms with Gasteiger partial charge in [-0.25, -0.2) is 0 Å². The molecule has 4 rings (SSSR count). The van der Waals surface area contributed by atoms with Crippen molar-refractivity contribution in [3.63, 3.8) is 0 Å². The molecule has 0 bridgehead atoms. The van der Waals surface area contributed by atoms with Crippen LogP contribution in [0.1, 0.15) is 16.7 Å². The molecule has 34 heavy (non-hydrogen) atoms. The molecule has 180 valence electrons. The summed E-state index contributed by atoms with van der Waals surface area (Å²) in [7, 11) is 1.51. The fourth-order valence-corrected chi connectivity index (χ4v) is 4.02. The quantitative estimate of drug-likeness (QED) is 0.461. The highest BCUT2D eigenvalue weighted by molar-refractivity contribution is 5.15. The number of rotatable bonds is 11. The normalized spacial score (nSPS) is 24.7. The highest BCUT2D eigenvalue weighted by atomic mass is 16.7. The highest BCUT2D eigenvalue weighted by Gasteiger charge is 2.47. The Morgan fingerprint density at radius 1 is 0.676 bits per heavy atom. The molecule has 6 nitrogen and oxygen atoms in total. The Morgan fingerprint density at radius 3 is 1.65 bits per heavy atom. The summed E-state index contributed by atoms with van der Waals surface area (Å²) in [6.07, 6.45) is -3.56. The molecule has 0 unspecified atom stereocenters. The second kappa shape index (κ2) is 12.8. The van der Waals surface area contributed by atoms with E-state index in [4.69, 9.17) is 23.7 Å². The van der Waals surface area contributed by atoms with Crippen molar-refractivity contribution < 1.29 is 28.8 Å². The molecule has 1 N–H and O–H groups in total. The van der Waals surface area contributed by atoms with Gasteiger partial charge in [-0.2, -0.15) is 0 Å². The number of methoxy groups -OCH3 is 1. The van der Waals surface area contributed by atoms with Gasteiger partial charge in [0, 0.05) is 7.11 Å². The van der Waals surface area contributed by atoms with Gasteiger partial charge in [-0.3, -0.25) is 0 Å². The van der Waals surface area contributed by atoms with Crippen molar-refractivity contribution in [2.75, 3.05) is 13.7 Å². The first-order valence-corrected chi connectivity index (χ1v) is 11.5. The van der Waals surface area contributed by atoms with E-state index in [9.17, 15) is 5.11 Å². The molecule has 0 saturated carbocycles. The Kier molecular flexibility index (Phi) is 9.21. The summed E-state index contributed by atoms with van der Waals surface area (Å²) in [5.41, 5.74) is 3.10. The van der Waals surface area contributed by atoms with E-state index < -0.39 is 30.7 Å². The highest BCUT2D eigenvalue weighted by Crippen LogP contribution is 2.28. The van der Waals surface area contributed by atoms with Crippen LogP contribution in [0.3, 0.4) is 0 Å². The Hall–Kier alpha value is -2.58. The lowest BCUT2D eigenvalue weighted by Crippen LogP contribution is -2.60. The molecule has 0 radical (unpaired) electrons. The van der Waals surface area contributed by atoms with Gasteiger partial charge in [0.15, 0.2) is 6.29 Å². The van der Waals surface area contributed by atoms with Crippen LogP contribution in [-0.4, -0.2) is 49.5 Å². The lowest BCUT2D eigenvalue weighted by Gasteiger charge is -2.43. The van der Waals surface area contributed by atoms with Gasteiger partial charge in [-0.1, -0.05) is 91.0 Å². The van der Waals surface area contributed by atoms with Crippen LogP contribution < -0.4 is 0 Å². The van der Waals surface area contributed by atoms with E-state index in [1.54, 1.807) is 0 Å². The van der Waals surface area contributed by atoms with Crippen LogP contribution in [0, 0.1) is 0 Å². The van der Waals surface area contributed by atoms with Crippen LogP contribution >= 0.6 is 0 Å². The van der Waals surface area contributed by atoms with Crippen molar-refractivity contribution in [1.29, 1.82) is 0 Å². The Morgan fingerprint density at radius 2 is 1.15 bits per heavy atom. The number of aliphatic hydroxyl groups is 1. The molecule has 1 fully saturated rings. The SMILES string of the molecule is CO[C@@H]1O[C@H](COCc2ccccc2)[C@@H](OCc2ccccc2)[C@H](OCc2ccccc2)[C@@H]1O. The third-order valence-corrected chi connectivity index (χ3v) is 5.81. The smallest absolute Gasteiger partial charge is 0.186 e. The standard InChI is InChI=1S/C28H32O6/c1-30-28-25(29)27(33-19-23-15-9-4-10-16-23)26(32-18-22-13-7-3-8-14-22)24(34-28)20-31-17-21-11-5-2-6-12-21/h2-16,24-29H,17-20H2,1H3/t24-,25+,26-,27-,28-/m1/s1. The van der Waals surface area contributed by atoms with Crippen LogP contribution in [0.4, 0.5) is 0 Å². The van der Waals surface area contributed by atoms with Gasteiger partial charge in [0.1, 0.15) is 24.4 Å². The monoisotopic (exact) mass is 464 g/mol. The molecule has 0 spiro atoms. The average Bonchev–Trinajstić information content (AvgIpc) is 2.89. The van der Waals surface area contributed by atoms with Gasteiger partial charge in [-0.15, -0.1) is 0 Å². The van der Waals surface area contributed by atoms with E-state index in [0.717, 1.165) is 16.7 Å². The maximum absolute atomic E-state index is 11.0. The zero-order valence-corrected chi connectivity index (χ0v) is 19.4. The largest absolute Gasteiger partial charge is 0.385 e. The van der Waals surface area contributed by atoms with Gasteiger partial charge in [0.25, 0.3) is 0 Å². The molecule has 1 saturated heterocycles. The zero-order valence-electron chi connectivity index (χ0n) is 19.4. The van der Waals surface area contributed by atoms with Crippen molar-refractivity contribution in [2.45, 2.75) is 50.5 Å². The van der Waals surface area contributed by atoms with Gasteiger partial charge in [0.05, 0.1) is 26.4 Å². The molecular weight excluding hydrogens is 432 g/mol. The number of aliphatic hydroxyl groups excluding tert-OH is 1. The van der Waals surface area contributed by atoms with Gasteiger partial charge >= 0.3 is 0 Å². The number of hydrogen-bond donors (Lipinski definition) is 1. The molecule has 1 aliphatic heterocycles. The average molecular weight is 465 g/mol. The number of benzene rings is 3.